The fraction of sp³-hybridized carbons (Fsp3) is 0.467. The van der Waals surface area contributed by atoms with Gasteiger partial charge in [-0.1, -0.05) is 12.1 Å². The van der Waals surface area contributed by atoms with Gasteiger partial charge < -0.3 is 15.0 Å². The molecule has 1 N–H and O–H groups in total. The van der Waals surface area contributed by atoms with E-state index in [9.17, 15) is 14.0 Å². The second kappa shape index (κ2) is 9.07. The van der Waals surface area contributed by atoms with Gasteiger partial charge in [0.1, 0.15) is 5.82 Å². The normalized spacial score (nSPS) is 10.2. The highest BCUT2D eigenvalue weighted by atomic mass is 19.1. The Labute approximate surface area is 124 Å². The van der Waals surface area contributed by atoms with E-state index in [1.807, 2.05) is 0 Å². The molecule has 21 heavy (non-hydrogen) atoms. The summed E-state index contributed by atoms with van der Waals surface area (Å²) in [7, 11) is 1.57. The van der Waals surface area contributed by atoms with Gasteiger partial charge in [-0.3, -0.25) is 9.59 Å². The molecule has 0 radical (unpaired) electrons. The molecule has 0 atom stereocenters. The number of carbonyl (C=O) groups is 2. The molecule has 1 aromatic rings. The van der Waals surface area contributed by atoms with E-state index in [4.69, 9.17) is 4.74 Å². The smallest absolute Gasteiger partial charge is 0.224 e. The Morgan fingerprint density at radius 1 is 1.24 bits per heavy atom. The monoisotopic (exact) mass is 296 g/mol. The summed E-state index contributed by atoms with van der Waals surface area (Å²) in [6, 6.07) is 5.81. The molecule has 0 saturated heterocycles. The molecule has 116 valence electrons. The first kappa shape index (κ1) is 17.1. The van der Waals surface area contributed by atoms with Crippen molar-refractivity contribution in [3.63, 3.8) is 0 Å². The van der Waals surface area contributed by atoms with E-state index in [0.717, 1.165) is 5.56 Å². The van der Waals surface area contributed by atoms with Gasteiger partial charge in [0.15, 0.2) is 0 Å². The van der Waals surface area contributed by atoms with Crippen LogP contribution in [0.5, 0.6) is 0 Å². The Balaban J connectivity index is 2.31. The maximum Gasteiger partial charge on any atom is 0.224 e. The standard InChI is InChI=1S/C15H21FN2O3/c1-12(19)18(9-10-21-2)8-7-17-15(20)11-13-3-5-14(16)6-4-13/h3-6H,7-11H2,1-2H3,(H,17,20). The zero-order valence-electron chi connectivity index (χ0n) is 12.4. The molecule has 0 heterocycles. The number of benzene rings is 1. The Morgan fingerprint density at radius 2 is 1.90 bits per heavy atom. The lowest BCUT2D eigenvalue weighted by atomic mass is 10.1. The van der Waals surface area contributed by atoms with Crippen molar-refractivity contribution in [1.82, 2.24) is 10.2 Å². The molecule has 0 bridgehead atoms. The summed E-state index contributed by atoms with van der Waals surface area (Å²) in [5.74, 6) is -0.536. The highest BCUT2D eigenvalue weighted by molar-refractivity contribution is 5.78. The van der Waals surface area contributed by atoms with Gasteiger partial charge in [0.2, 0.25) is 11.8 Å². The highest BCUT2D eigenvalue weighted by Gasteiger charge is 2.09. The minimum Gasteiger partial charge on any atom is -0.383 e. The summed E-state index contributed by atoms with van der Waals surface area (Å²) in [6.07, 6.45) is 0.193. The molecule has 0 aliphatic heterocycles. The van der Waals surface area contributed by atoms with Crippen molar-refractivity contribution in [2.45, 2.75) is 13.3 Å². The lowest BCUT2D eigenvalue weighted by Crippen LogP contribution is -2.39. The molecule has 2 amide bonds. The van der Waals surface area contributed by atoms with Crippen molar-refractivity contribution >= 4 is 11.8 Å². The summed E-state index contributed by atoms with van der Waals surface area (Å²) in [5, 5.41) is 2.74. The quantitative estimate of drug-likeness (QED) is 0.778. The predicted molar refractivity (Wildman–Crippen MR) is 77.2 cm³/mol. The van der Waals surface area contributed by atoms with Gasteiger partial charge in [-0.25, -0.2) is 4.39 Å². The number of hydrogen-bond acceptors (Lipinski definition) is 3. The second-order valence-electron chi connectivity index (χ2n) is 4.65. The Bertz CT molecular complexity index is 462. The maximum absolute atomic E-state index is 12.7. The Morgan fingerprint density at radius 3 is 2.48 bits per heavy atom. The largest absolute Gasteiger partial charge is 0.383 e. The number of nitrogens with zero attached hydrogens (tertiary/aromatic N) is 1. The molecule has 1 rings (SSSR count). The van der Waals surface area contributed by atoms with E-state index in [2.05, 4.69) is 5.32 Å². The zero-order valence-corrected chi connectivity index (χ0v) is 12.4. The fourth-order valence-electron chi connectivity index (χ4n) is 1.81. The van der Waals surface area contributed by atoms with Gasteiger partial charge in [-0.05, 0) is 17.7 Å². The number of methoxy groups -OCH3 is 1. The number of carbonyl (C=O) groups excluding carboxylic acids is 2. The van der Waals surface area contributed by atoms with Gasteiger partial charge in [-0.2, -0.15) is 0 Å². The zero-order chi connectivity index (χ0) is 15.7. The van der Waals surface area contributed by atoms with Gasteiger partial charge >= 0.3 is 0 Å². The first-order valence-electron chi connectivity index (χ1n) is 6.78. The van der Waals surface area contributed by atoms with Gasteiger partial charge in [0.05, 0.1) is 13.0 Å². The lowest BCUT2D eigenvalue weighted by molar-refractivity contribution is -0.130. The van der Waals surface area contributed by atoms with Crippen LogP contribution in [0.1, 0.15) is 12.5 Å². The summed E-state index contributed by atoms with van der Waals surface area (Å²) < 4.78 is 17.7. The van der Waals surface area contributed by atoms with Crippen LogP contribution in [0.2, 0.25) is 0 Å². The highest BCUT2D eigenvalue weighted by Crippen LogP contribution is 2.03. The molecule has 0 spiro atoms. The SMILES string of the molecule is COCCN(CCNC(=O)Cc1ccc(F)cc1)C(C)=O. The van der Waals surface area contributed by atoms with Crippen molar-refractivity contribution < 1.29 is 18.7 Å². The van der Waals surface area contributed by atoms with Crippen LogP contribution in [0.25, 0.3) is 0 Å². The lowest BCUT2D eigenvalue weighted by Gasteiger charge is -2.20. The van der Waals surface area contributed by atoms with E-state index in [-0.39, 0.29) is 24.1 Å². The van der Waals surface area contributed by atoms with Gasteiger partial charge in [0.25, 0.3) is 0 Å². The summed E-state index contributed by atoms with van der Waals surface area (Å²) in [5.41, 5.74) is 0.747. The average Bonchev–Trinajstić information content (AvgIpc) is 2.44. The molecule has 1 aromatic carbocycles. The first-order chi connectivity index (χ1) is 10.0. The van der Waals surface area contributed by atoms with Crippen LogP contribution < -0.4 is 5.32 Å². The van der Waals surface area contributed by atoms with Crippen LogP contribution in [0, 0.1) is 5.82 Å². The summed E-state index contributed by atoms with van der Waals surface area (Å²) in [4.78, 5) is 24.7. The maximum atomic E-state index is 12.7. The van der Waals surface area contributed by atoms with Crippen molar-refractivity contribution in [3.05, 3.63) is 35.6 Å². The van der Waals surface area contributed by atoms with Crippen LogP contribution in [0.4, 0.5) is 4.39 Å². The third-order valence-corrected chi connectivity index (χ3v) is 2.99. The minimum atomic E-state index is -0.325. The van der Waals surface area contributed by atoms with E-state index in [0.29, 0.717) is 26.2 Å². The van der Waals surface area contributed by atoms with Crippen LogP contribution in [0.3, 0.4) is 0 Å². The molecule has 0 fully saturated rings. The first-order valence-corrected chi connectivity index (χ1v) is 6.78. The van der Waals surface area contributed by atoms with Crippen LogP contribution in [0.15, 0.2) is 24.3 Å². The van der Waals surface area contributed by atoms with Crippen molar-refractivity contribution in [3.8, 4) is 0 Å². The number of rotatable bonds is 8. The molecule has 0 unspecified atom stereocenters. The molecule has 0 aliphatic carbocycles. The van der Waals surface area contributed by atoms with Gasteiger partial charge in [0, 0.05) is 33.7 Å². The van der Waals surface area contributed by atoms with Crippen LogP contribution in [-0.4, -0.2) is 50.1 Å². The van der Waals surface area contributed by atoms with E-state index < -0.39 is 0 Å². The molecular weight excluding hydrogens is 275 g/mol. The predicted octanol–water partition coefficient (Wildman–Crippen LogP) is 0.979. The third-order valence-electron chi connectivity index (χ3n) is 2.99. The molecule has 5 nitrogen and oxygen atoms in total. The number of nitrogens with one attached hydrogen (secondary N) is 1. The van der Waals surface area contributed by atoms with Crippen molar-refractivity contribution in [2.75, 3.05) is 33.4 Å². The number of amides is 2. The van der Waals surface area contributed by atoms with E-state index >= 15 is 0 Å². The average molecular weight is 296 g/mol. The molecule has 0 aromatic heterocycles. The second-order valence-corrected chi connectivity index (χ2v) is 4.65. The molecular formula is C15H21FN2O3. The van der Waals surface area contributed by atoms with Crippen LogP contribution in [-0.2, 0) is 20.7 Å². The Kier molecular flexibility index (Phi) is 7.39. The molecule has 0 aliphatic rings. The number of ether oxygens (including phenoxy) is 1. The third kappa shape index (κ3) is 6.85. The van der Waals surface area contributed by atoms with E-state index in [1.54, 1.807) is 24.1 Å². The molecule has 6 heteroatoms. The van der Waals surface area contributed by atoms with Crippen molar-refractivity contribution in [2.24, 2.45) is 0 Å². The summed E-state index contributed by atoms with van der Waals surface area (Å²) in [6.45, 7) is 3.26. The van der Waals surface area contributed by atoms with Crippen LogP contribution >= 0.6 is 0 Å². The molecule has 0 saturated carbocycles. The minimum absolute atomic E-state index is 0.0557. The fourth-order valence-corrected chi connectivity index (χ4v) is 1.81. The van der Waals surface area contributed by atoms with Gasteiger partial charge in [-0.15, -0.1) is 0 Å². The number of hydrogen-bond donors (Lipinski definition) is 1. The summed E-state index contributed by atoms with van der Waals surface area (Å²) >= 11 is 0. The van der Waals surface area contributed by atoms with E-state index in [1.165, 1.54) is 19.1 Å². The topological polar surface area (TPSA) is 58.6 Å². The Hall–Kier alpha value is -1.95. The van der Waals surface area contributed by atoms with Crippen molar-refractivity contribution in [1.29, 1.82) is 0 Å². The number of halogens is 1.